The monoisotopic (exact) mass is 309 g/mol. The molecule has 0 heterocycles. The molecule has 0 radical (unpaired) electrons. The van der Waals surface area contributed by atoms with Crippen LogP contribution in [0, 0.1) is 21.3 Å². The highest BCUT2D eigenvalue weighted by molar-refractivity contribution is 6.30. The predicted molar refractivity (Wildman–Crippen MR) is 75.6 cm³/mol. The van der Waals surface area contributed by atoms with Crippen LogP contribution in [0.4, 0.5) is 10.1 Å². The molecular weight excluding hydrogens is 301 g/mol. The molecule has 2 aromatic rings. The van der Waals surface area contributed by atoms with Crippen LogP contribution in [0.1, 0.15) is 5.56 Å². The molecule has 108 valence electrons. The molecule has 0 spiro atoms. The van der Waals surface area contributed by atoms with Crippen molar-refractivity contribution in [3.05, 3.63) is 62.9 Å². The number of hydrogen-bond acceptors (Lipinski definition) is 4. The summed E-state index contributed by atoms with van der Waals surface area (Å²) >= 11 is 5.83. The van der Waals surface area contributed by atoms with Crippen molar-refractivity contribution >= 4 is 23.1 Å². The molecule has 0 atom stereocenters. The number of ether oxygens (including phenoxy) is 1. The molecule has 0 bridgehead atoms. The molecule has 0 saturated carbocycles. The molecular formula is C13H9ClFN3O3. The van der Waals surface area contributed by atoms with Crippen LogP contribution >= 0.6 is 11.6 Å². The Bertz CT molecular complexity index is 737. The van der Waals surface area contributed by atoms with Gasteiger partial charge in [0.15, 0.2) is 0 Å². The second kappa shape index (κ2) is 5.76. The molecule has 0 aromatic heterocycles. The Morgan fingerprint density at radius 3 is 2.62 bits per heavy atom. The van der Waals surface area contributed by atoms with E-state index >= 15 is 0 Å². The fourth-order valence-corrected chi connectivity index (χ4v) is 1.79. The summed E-state index contributed by atoms with van der Waals surface area (Å²) in [6.45, 7) is 0. The molecule has 0 saturated heterocycles. The molecule has 0 aliphatic carbocycles. The van der Waals surface area contributed by atoms with Gasteiger partial charge in [0.25, 0.3) is 0 Å². The smallest absolute Gasteiger partial charge is 0.305 e. The molecule has 3 N–H and O–H groups in total. The number of nitro benzene ring substituents is 1. The van der Waals surface area contributed by atoms with Crippen LogP contribution in [0.25, 0.3) is 0 Å². The largest absolute Gasteiger partial charge is 0.456 e. The molecule has 2 rings (SSSR count). The molecule has 0 aliphatic heterocycles. The lowest BCUT2D eigenvalue weighted by Gasteiger charge is -2.10. The van der Waals surface area contributed by atoms with Crippen LogP contribution in [0.2, 0.25) is 5.02 Å². The molecule has 0 aliphatic rings. The minimum Gasteiger partial charge on any atom is -0.456 e. The first-order valence-corrected chi connectivity index (χ1v) is 6.02. The number of amidine groups is 1. The van der Waals surface area contributed by atoms with Gasteiger partial charge >= 0.3 is 5.69 Å². The fraction of sp³-hybridized carbons (Fsp3) is 0. The van der Waals surface area contributed by atoms with Gasteiger partial charge in [0, 0.05) is 23.2 Å². The van der Waals surface area contributed by atoms with E-state index in [9.17, 15) is 14.5 Å². The number of benzene rings is 2. The van der Waals surface area contributed by atoms with Crippen LogP contribution < -0.4 is 10.5 Å². The summed E-state index contributed by atoms with van der Waals surface area (Å²) in [5.74, 6) is -1.08. The second-order valence-corrected chi connectivity index (χ2v) is 4.46. The van der Waals surface area contributed by atoms with Gasteiger partial charge in [-0.15, -0.1) is 0 Å². The first-order chi connectivity index (χ1) is 9.88. The predicted octanol–water partition coefficient (Wildman–Crippen LogP) is 3.46. The van der Waals surface area contributed by atoms with Gasteiger partial charge in [0.2, 0.25) is 5.82 Å². The maximum absolute atomic E-state index is 13.5. The topological polar surface area (TPSA) is 102 Å². The van der Waals surface area contributed by atoms with E-state index in [-0.39, 0.29) is 22.9 Å². The Morgan fingerprint density at radius 1 is 1.33 bits per heavy atom. The van der Waals surface area contributed by atoms with Crippen LogP contribution in [-0.2, 0) is 0 Å². The highest BCUT2D eigenvalue weighted by Crippen LogP contribution is 2.30. The van der Waals surface area contributed by atoms with Crippen molar-refractivity contribution in [3.8, 4) is 11.5 Å². The Morgan fingerprint density at radius 2 is 2.05 bits per heavy atom. The third kappa shape index (κ3) is 3.26. The Kier molecular flexibility index (Phi) is 4.04. The molecule has 0 fully saturated rings. The number of hydrogen-bond donors (Lipinski definition) is 2. The van der Waals surface area contributed by atoms with Gasteiger partial charge in [-0.1, -0.05) is 11.6 Å². The minimum atomic E-state index is -1.02. The summed E-state index contributed by atoms with van der Waals surface area (Å²) in [5, 5.41) is 18.3. The van der Waals surface area contributed by atoms with Gasteiger partial charge in [-0.2, -0.15) is 4.39 Å². The minimum absolute atomic E-state index is 0.0304. The van der Waals surface area contributed by atoms with Crippen molar-refractivity contribution in [2.75, 3.05) is 0 Å². The Hall–Kier alpha value is -2.67. The molecule has 2 aromatic carbocycles. The van der Waals surface area contributed by atoms with E-state index in [4.69, 9.17) is 27.5 Å². The summed E-state index contributed by atoms with van der Waals surface area (Å²) in [6, 6.07) is 7.54. The maximum atomic E-state index is 13.5. The van der Waals surface area contributed by atoms with Gasteiger partial charge < -0.3 is 10.5 Å². The van der Waals surface area contributed by atoms with E-state index in [2.05, 4.69) is 0 Å². The van der Waals surface area contributed by atoms with Gasteiger partial charge in [-0.3, -0.25) is 15.5 Å². The summed E-state index contributed by atoms with van der Waals surface area (Å²) in [7, 11) is 0. The van der Waals surface area contributed by atoms with Crippen LogP contribution in [0.5, 0.6) is 11.5 Å². The van der Waals surface area contributed by atoms with E-state index in [0.29, 0.717) is 5.02 Å². The lowest BCUT2D eigenvalue weighted by molar-refractivity contribution is -0.387. The number of nitrogens with one attached hydrogen (secondary N) is 1. The molecule has 21 heavy (non-hydrogen) atoms. The van der Waals surface area contributed by atoms with Crippen LogP contribution in [0.15, 0.2) is 36.4 Å². The zero-order valence-electron chi connectivity index (χ0n) is 10.5. The van der Waals surface area contributed by atoms with Crippen molar-refractivity contribution in [1.82, 2.24) is 0 Å². The average Bonchev–Trinajstić information content (AvgIpc) is 2.37. The van der Waals surface area contributed by atoms with Crippen LogP contribution in [0.3, 0.4) is 0 Å². The molecule has 0 unspecified atom stereocenters. The van der Waals surface area contributed by atoms with Crippen molar-refractivity contribution in [2.24, 2.45) is 5.73 Å². The number of nitrogen functional groups attached to an aromatic ring is 1. The Balaban J connectivity index is 2.38. The first-order valence-electron chi connectivity index (χ1n) is 5.64. The number of nitrogens with two attached hydrogens (primary N) is 1. The van der Waals surface area contributed by atoms with E-state index in [1.165, 1.54) is 24.3 Å². The Labute approximate surface area is 123 Å². The van der Waals surface area contributed by atoms with E-state index in [0.717, 1.165) is 12.1 Å². The molecule has 0 amide bonds. The van der Waals surface area contributed by atoms with Crippen molar-refractivity contribution in [3.63, 3.8) is 0 Å². The third-order valence-corrected chi connectivity index (χ3v) is 2.81. The van der Waals surface area contributed by atoms with Gasteiger partial charge in [0.05, 0.1) is 10.5 Å². The van der Waals surface area contributed by atoms with Gasteiger partial charge in [-0.25, -0.2) is 0 Å². The number of nitrogens with zero attached hydrogens (tertiary/aromatic N) is 1. The summed E-state index contributed by atoms with van der Waals surface area (Å²) in [5.41, 5.74) is 5.03. The maximum Gasteiger partial charge on any atom is 0.305 e. The van der Waals surface area contributed by atoms with E-state index in [1.807, 2.05) is 0 Å². The normalized spacial score (nSPS) is 10.2. The zero-order chi connectivity index (χ0) is 15.6. The van der Waals surface area contributed by atoms with Crippen LogP contribution in [-0.4, -0.2) is 10.8 Å². The molecule has 6 nitrogen and oxygen atoms in total. The summed E-state index contributed by atoms with van der Waals surface area (Å²) in [6.07, 6.45) is 0. The van der Waals surface area contributed by atoms with E-state index < -0.39 is 16.4 Å². The number of nitro groups is 1. The fourth-order valence-electron chi connectivity index (χ4n) is 1.63. The average molecular weight is 310 g/mol. The standard InChI is InChI=1S/C13H9ClFN3O3/c14-7-1-3-9(13(16)17)12(5-7)21-8-2-4-11(18(19)20)10(15)6-8/h1-6H,(H3,16,17). The SMILES string of the molecule is N=C(N)c1ccc(Cl)cc1Oc1ccc([N+](=O)[O-])c(F)c1. The lowest BCUT2D eigenvalue weighted by Crippen LogP contribution is -2.12. The zero-order valence-corrected chi connectivity index (χ0v) is 11.2. The van der Waals surface area contributed by atoms with E-state index in [1.54, 1.807) is 0 Å². The highest BCUT2D eigenvalue weighted by Gasteiger charge is 2.16. The van der Waals surface area contributed by atoms with Gasteiger partial charge in [-0.05, 0) is 18.2 Å². The van der Waals surface area contributed by atoms with Gasteiger partial charge in [0.1, 0.15) is 17.3 Å². The van der Waals surface area contributed by atoms with Crippen molar-refractivity contribution in [1.29, 1.82) is 5.41 Å². The first kappa shape index (κ1) is 14.7. The number of halogens is 2. The third-order valence-electron chi connectivity index (χ3n) is 2.58. The second-order valence-electron chi connectivity index (χ2n) is 4.03. The lowest BCUT2D eigenvalue weighted by atomic mass is 10.2. The summed E-state index contributed by atoms with van der Waals surface area (Å²) < 4.78 is 18.9. The highest BCUT2D eigenvalue weighted by atomic mass is 35.5. The molecule has 8 heteroatoms. The quantitative estimate of drug-likeness (QED) is 0.390. The number of rotatable bonds is 4. The summed E-state index contributed by atoms with van der Waals surface area (Å²) in [4.78, 5) is 9.71. The van der Waals surface area contributed by atoms with Crippen molar-refractivity contribution < 1.29 is 14.1 Å². The van der Waals surface area contributed by atoms with Crippen molar-refractivity contribution in [2.45, 2.75) is 0 Å².